The Labute approximate surface area is 76.9 Å². The Morgan fingerprint density at radius 3 is 2.38 bits per heavy atom. The summed E-state index contributed by atoms with van der Waals surface area (Å²) in [5, 5.41) is 6.31. The normalized spacial score (nSPS) is 12.5. The second kappa shape index (κ2) is 2.99. The van der Waals surface area contributed by atoms with Gasteiger partial charge in [0.15, 0.2) is 5.82 Å². The topological polar surface area (TPSA) is 76.7 Å². The summed E-state index contributed by atoms with van der Waals surface area (Å²) < 4.78 is 1.57. The van der Waals surface area contributed by atoms with Crippen LogP contribution in [0.2, 0.25) is 0 Å². The van der Waals surface area contributed by atoms with Crippen LogP contribution in [0.25, 0.3) is 0 Å². The molecule has 0 bridgehead atoms. The maximum atomic E-state index is 11.3. The molecule has 74 valence electrons. The molecule has 3 N–H and O–H groups in total. The minimum absolute atomic E-state index is 0.0732. The zero-order chi connectivity index (χ0) is 10.2. The molecular formula is C8H16N4O. The van der Waals surface area contributed by atoms with Crippen molar-refractivity contribution in [3.63, 3.8) is 0 Å². The van der Waals surface area contributed by atoms with Crippen LogP contribution in [0.3, 0.4) is 0 Å². The van der Waals surface area contributed by atoms with E-state index in [-0.39, 0.29) is 11.7 Å². The van der Waals surface area contributed by atoms with E-state index in [0.29, 0.717) is 5.82 Å². The van der Waals surface area contributed by atoms with Gasteiger partial charge in [0.25, 0.3) is 0 Å². The van der Waals surface area contributed by atoms with Crippen molar-refractivity contribution in [2.24, 2.45) is 5.73 Å². The lowest BCUT2D eigenvalue weighted by Crippen LogP contribution is -2.35. The summed E-state index contributed by atoms with van der Waals surface area (Å²) in [5.41, 5.74) is 5.07. The third kappa shape index (κ3) is 1.80. The molecule has 0 amide bonds. The molecule has 5 nitrogen and oxygen atoms in total. The van der Waals surface area contributed by atoms with Crippen molar-refractivity contribution in [1.29, 1.82) is 0 Å². The maximum Gasteiger partial charge on any atom is 0.343 e. The molecule has 0 fully saturated rings. The number of nitrogens with two attached hydrogens (primary N) is 1. The summed E-state index contributed by atoms with van der Waals surface area (Å²) in [7, 11) is 0. The number of aromatic nitrogens is 3. The first-order valence-electron chi connectivity index (χ1n) is 4.30. The van der Waals surface area contributed by atoms with Gasteiger partial charge in [-0.3, -0.25) is 4.57 Å². The van der Waals surface area contributed by atoms with Gasteiger partial charge < -0.3 is 5.73 Å². The van der Waals surface area contributed by atoms with E-state index < -0.39 is 5.54 Å². The molecule has 1 rings (SSSR count). The fourth-order valence-corrected chi connectivity index (χ4v) is 1.24. The molecule has 0 spiro atoms. The average molecular weight is 184 g/mol. The predicted molar refractivity (Wildman–Crippen MR) is 50.4 cm³/mol. The monoisotopic (exact) mass is 184 g/mol. The van der Waals surface area contributed by atoms with Gasteiger partial charge in [-0.25, -0.2) is 9.89 Å². The van der Waals surface area contributed by atoms with Gasteiger partial charge in [0, 0.05) is 6.04 Å². The van der Waals surface area contributed by atoms with Crippen molar-refractivity contribution in [2.75, 3.05) is 0 Å². The van der Waals surface area contributed by atoms with Gasteiger partial charge >= 0.3 is 5.69 Å². The van der Waals surface area contributed by atoms with Crippen LogP contribution in [0.5, 0.6) is 0 Å². The maximum absolute atomic E-state index is 11.3. The molecule has 13 heavy (non-hydrogen) atoms. The molecule has 0 saturated carbocycles. The van der Waals surface area contributed by atoms with Crippen LogP contribution in [0.15, 0.2) is 4.79 Å². The number of H-pyrrole nitrogens is 1. The lowest BCUT2D eigenvalue weighted by Gasteiger charge is -2.19. The van der Waals surface area contributed by atoms with Crippen molar-refractivity contribution in [1.82, 2.24) is 14.8 Å². The summed E-state index contributed by atoms with van der Waals surface area (Å²) >= 11 is 0. The molecule has 0 atom stereocenters. The first-order chi connectivity index (χ1) is 5.84. The third-order valence-electron chi connectivity index (χ3n) is 1.80. The zero-order valence-corrected chi connectivity index (χ0v) is 8.46. The van der Waals surface area contributed by atoms with Crippen LogP contribution in [0.4, 0.5) is 0 Å². The summed E-state index contributed by atoms with van der Waals surface area (Å²) in [6.07, 6.45) is 0. The third-order valence-corrected chi connectivity index (χ3v) is 1.80. The highest BCUT2D eigenvalue weighted by atomic mass is 16.1. The molecule has 0 aromatic carbocycles. The minimum atomic E-state index is -0.594. The van der Waals surface area contributed by atoms with Gasteiger partial charge in [-0.1, -0.05) is 0 Å². The standard InChI is InChI=1S/C8H16N4O/c1-5(2)12-6(8(3,4)9)10-11-7(12)13/h5H,9H2,1-4H3,(H,11,13). The summed E-state index contributed by atoms with van der Waals surface area (Å²) in [4.78, 5) is 11.3. The van der Waals surface area contributed by atoms with Crippen LogP contribution in [0.1, 0.15) is 39.6 Å². The summed E-state index contributed by atoms with van der Waals surface area (Å²) in [5.74, 6) is 0.590. The molecule has 1 aromatic rings. The van der Waals surface area contributed by atoms with Crippen molar-refractivity contribution in [3.05, 3.63) is 16.3 Å². The van der Waals surface area contributed by atoms with E-state index in [0.717, 1.165) is 0 Å². The SMILES string of the molecule is CC(C)n1c(C(C)(C)N)n[nH]c1=O. The highest BCUT2D eigenvalue weighted by Crippen LogP contribution is 2.15. The lowest BCUT2D eigenvalue weighted by molar-refractivity contribution is 0.445. The number of nitrogens with zero attached hydrogens (tertiary/aromatic N) is 2. The van der Waals surface area contributed by atoms with E-state index in [4.69, 9.17) is 5.73 Å². The molecule has 0 aliphatic carbocycles. The second-order valence-corrected chi connectivity index (χ2v) is 4.04. The molecule has 0 unspecified atom stereocenters. The first kappa shape index (κ1) is 9.98. The Morgan fingerprint density at radius 2 is 2.08 bits per heavy atom. The van der Waals surface area contributed by atoms with Gasteiger partial charge in [-0.2, -0.15) is 5.10 Å². The second-order valence-electron chi connectivity index (χ2n) is 4.04. The number of hydrogen-bond acceptors (Lipinski definition) is 3. The fraction of sp³-hybridized carbons (Fsp3) is 0.750. The highest BCUT2D eigenvalue weighted by Gasteiger charge is 2.23. The summed E-state index contributed by atoms with van der Waals surface area (Å²) in [6.45, 7) is 7.49. The van der Waals surface area contributed by atoms with Crippen LogP contribution >= 0.6 is 0 Å². The van der Waals surface area contributed by atoms with Crippen molar-refractivity contribution in [3.8, 4) is 0 Å². The smallest absolute Gasteiger partial charge is 0.319 e. The molecule has 0 aliphatic rings. The number of rotatable bonds is 2. The molecule has 0 radical (unpaired) electrons. The highest BCUT2D eigenvalue weighted by molar-refractivity contribution is 5.01. The van der Waals surface area contributed by atoms with E-state index in [1.165, 1.54) is 0 Å². The molecule has 0 aliphatic heterocycles. The molecule has 0 saturated heterocycles. The fourth-order valence-electron chi connectivity index (χ4n) is 1.24. The predicted octanol–water partition coefficient (Wildman–Crippen LogP) is 0.346. The van der Waals surface area contributed by atoms with E-state index in [1.807, 2.05) is 27.7 Å². The number of nitrogens with one attached hydrogen (secondary N) is 1. The van der Waals surface area contributed by atoms with Gasteiger partial charge in [-0.15, -0.1) is 0 Å². The van der Waals surface area contributed by atoms with Crippen LogP contribution in [0, 0.1) is 0 Å². The Morgan fingerprint density at radius 1 is 1.54 bits per heavy atom. The van der Waals surface area contributed by atoms with Gasteiger partial charge in [0.1, 0.15) is 0 Å². The Balaban J connectivity index is 3.32. The minimum Gasteiger partial charge on any atom is -0.319 e. The Kier molecular flexibility index (Phi) is 2.30. The van der Waals surface area contributed by atoms with Gasteiger partial charge in [0.2, 0.25) is 0 Å². The van der Waals surface area contributed by atoms with Crippen molar-refractivity contribution < 1.29 is 0 Å². The van der Waals surface area contributed by atoms with Crippen LogP contribution in [-0.2, 0) is 5.54 Å². The summed E-state index contributed by atoms with van der Waals surface area (Å²) in [6, 6.07) is 0.0732. The zero-order valence-electron chi connectivity index (χ0n) is 8.46. The van der Waals surface area contributed by atoms with Crippen molar-refractivity contribution in [2.45, 2.75) is 39.3 Å². The average Bonchev–Trinajstić information content (AvgIpc) is 2.28. The molecular weight excluding hydrogens is 168 g/mol. The van der Waals surface area contributed by atoms with E-state index >= 15 is 0 Å². The van der Waals surface area contributed by atoms with Gasteiger partial charge in [-0.05, 0) is 27.7 Å². The van der Waals surface area contributed by atoms with Crippen LogP contribution in [-0.4, -0.2) is 14.8 Å². The molecule has 1 heterocycles. The number of aromatic amines is 1. The quantitative estimate of drug-likeness (QED) is 0.696. The molecule has 1 aromatic heterocycles. The van der Waals surface area contributed by atoms with Crippen LogP contribution < -0.4 is 11.4 Å². The largest absolute Gasteiger partial charge is 0.343 e. The first-order valence-corrected chi connectivity index (χ1v) is 4.30. The Hall–Kier alpha value is -1.10. The lowest BCUT2D eigenvalue weighted by atomic mass is 10.1. The number of hydrogen-bond donors (Lipinski definition) is 2. The Bertz CT molecular complexity index is 342. The van der Waals surface area contributed by atoms with E-state index in [2.05, 4.69) is 10.2 Å². The van der Waals surface area contributed by atoms with E-state index in [9.17, 15) is 4.79 Å². The van der Waals surface area contributed by atoms with E-state index in [1.54, 1.807) is 4.57 Å². The van der Waals surface area contributed by atoms with Crippen molar-refractivity contribution >= 4 is 0 Å². The molecule has 5 heteroatoms. The van der Waals surface area contributed by atoms with Gasteiger partial charge in [0.05, 0.1) is 5.54 Å².